The fourth-order valence-corrected chi connectivity index (χ4v) is 2.60. The van der Waals surface area contributed by atoms with E-state index in [1.165, 1.54) is 30.6 Å². The van der Waals surface area contributed by atoms with Gasteiger partial charge in [0.05, 0.1) is 11.4 Å². The fraction of sp³-hybridized carbons (Fsp3) is 0.583. The van der Waals surface area contributed by atoms with Gasteiger partial charge in [-0.3, -0.25) is 9.69 Å². The van der Waals surface area contributed by atoms with E-state index in [2.05, 4.69) is 4.90 Å². The van der Waals surface area contributed by atoms with Gasteiger partial charge in [0, 0.05) is 6.54 Å². The highest BCUT2D eigenvalue weighted by atomic mass is 32.1. The molecule has 2 rings (SSSR count). The first-order chi connectivity index (χ1) is 7.25. The van der Waals surface area contributed by atoms with Crippen molar-refractivity contribution >= 4 is 17.1 Å². The van der Waals surface area contributed by atoms with Gasteiger partial charge in [0.2, 0.25) is 0 Å². The minimum absolute atomic E-state index is 0.256. The number of ketones is 1. The number of Topliss-reactive ketones (excluding diaryl/α,β-unsaturated/α-hetero) is 1. The Morgan fingerprint density at radius 2 is 2.40 bits per heavy atom. The van der Waals surface area contributed by atoms with Gasteiger partial charge in [-0.25, -0.2) is 0 Å². The molecule has 1 heterocycles. The molecule has 1 aliphatic carbocycles. The summed E-state index contributed by atoms with van der Waals surface area (Å²) in [6.45, 7) is 1.65. The van der Waals surface area contributed by atoms with E-state index in [-0.39, 0.29) is 5.78 Å². The molecule has 1 aromatic heterocycles. The largest absolute Gasteiger partial charge is 0.299 e. The first kappa shape index (κ1) is 10.8. The van der Waals surface area contributed by atoms with Crippen molar-refractivity contribution in [3.05, 3.63) is 22.4 Å². The van der Waals surface area contributed by atoms with Crippen LogP contribution in [0.5, 0.6) is 0 Å². The molecular formula is C12H17NOS. The van der Waals surface area contributed by atoms with Gasteiger partial charge in [0.1, 0.15) is 0 Å². The number of likely N-dealkylation sites (N-methyl/N-ethyl adjacent to an activating group) is 1. The lowest BCUT2D eigenvalue weighted by Gasteiger charge is -2.29. The van der Waals surface area contributed by atoms with E-state index in [0.29, 0.717) is 6.54 Å². The van der Waals surface area contributed by atoms with Crippen LogP contribution in [0, 0.1) is 5.92 Å². The third-order valence-corrected chi connectivity index (χ3v) is 3.92. The number of thiophene rings is 1. The summed E-state index contributed by atoms with van der Waals surface area (Å²) in [5.74, 6) is 1.10. The molecule has 0 aromatic carbocycles. The van der Waals surface area contributed by atoms with Crippen molar-refractivity contribution in [1.29, 1.82) is 0 Å². The van der Waals surface area contributed by atoms with Crippen LogP contribution in [0.15, 0.2) is 17.5 Å². The highest BCUT2D eigenvalue weighted by molar-refractivity contribution is 7.12. The molecule has 0 amide bonds. The summed E-state index contributed by atoms with van der Waals surface area (Å²) < 4.78 is 0. The second-order valence-electron chi connectivity index (χ2n) is 4.39. The van der Waals surface area contributed by atoms with Gasteiger partial charge in [0.25, 0.3) is 0 Å². The molecule has 1 fully saturated rings. The molecular weight excluding hydrogens is 206 g/mol. The van der Waals surface area contributed by atoms with E-state index in [0.717, 1.165) is 17.3 Å². The minimum Gasteiger partial charge on any atom is -0.299 e. The van der Waals surface area contributed by atoms with Gasteiger partial charge in [-0.2, -0.15) is 0 Å². The first-order valence-electron chi connectivity index (χ1n) is 5.51. The molecule has 3 heteroatoms. The monoisotopic (exact) mass is 223 g/mol. The summed E-state index contributed by atoms with van der Waals surface area (Å²) in [4.78, 5) is 14.8. The van der Waals surface area contributed by atoms with Gasteiger partial charge < -0.3 is 0 Å². The van der Waals surface area contributed by atoms with Crippen molar-refractivity contribution in [2.24, 2.45) is 5.92 Å². The van der Waals surface area contributed by atoms with Crippen molar-refractivity contribution in [2.45, 2.75) is 19.3 Å². The average Bonchev–Trinajstić information content (AvgIpc) is 2.64. The van der Waals surface area contributed by atoms with Crippen LogP contribution in [-0.2, 0) is 0 Å². The Hall–Kier alpha value is -0.670. The molecule has 0 N–H and O–H groups in total. The second kappa shape index (κ2) is 4.90. The second-order valence-corrected chi connectivity index (χ2v) is 5.34. The maximum absolute atomic E-state index is 11.8. The number of carbonyl (C=O) groups is 1. The minimum atomic E-state index is 0.256. The van der Waals surface area contributed by atoms with Crippen molar-refractivity contribution in [3.8, 4) is 0 Å². The fourth-order valence-electron chi connectivity index (χ4n) is 1.94. The molecule has 0 saturated heterocycles. The maximum Gasteiger partial charge on any atom is 0.186 e. The van der Waals surface area contributed by atoms with Crippen LogP contribution in [0.3, 0.4) is 0 Å². The predicted molar refractivity (Wildman–Crippen MR) is 63.5 cm³/mol. The maximum atomic E-state index is 11.8. The Labute approximate surface area is 94.9 Å². The van der Waals surface area contributed by atoms with Crippen LogP contribution in [0.1, 0.15) is 28.9 Å². The lowest BCUT2D eigenvalue weighted by molar-refractivity contribution is 0.0929. The Morgan fingerprint density at radius 1 is 1.60 bits per heavy atom. The Morgan fingerprint density at radius 3 is 2.93 bits per heavy atom. The van der Waals surface area contributed by atoms with Gasteiger partial charge >= 0.3 is 0 Å². The van der Waals surface area contributed by atoms with Crippen molar-refractivity contribution in [2.75, 3.05) is 20.1 Å². The summed E-state index contributed by atoms with van der Waals surface area (Å²) in [7, 11) is 2.05. The molecule has 2 nitrogen and oxygen atoms in total. The highest BCUT2D eigenvalue weighted by Crippen LogP contribution is 2.26. The van der Waals surface area contributed by atoms with E-state index in [1.54, 1.807) is 0 Å². The predicted octanol–water partition coefficient (Wildman–Crippen LogP) is 2.66. The van der Waals surface area contributed by atoms with Crippen LogP contribution in [0.2, 0.25) is 0 Å². The van der Waals surface area contributed by atoms with Gasteiger partial charge in [-0.05, 0) is 37.3 Å². The summed E-state index contributed by atoms with van der Waals surface area (Å²) in [6, 6.07) is 3.84. The molecule has 0 spiro atoms. The van der Waals surface area contributed by atoms with Crippen LogP contribution < -0.4 is 0 Å². The van der Waals surface area contributed by atoms with Gasteiger partial charge in [0.15, 0.2) is 5.78 Å². The van der Waals surface area contributed by atoms with E-state index < -0.39 is 0 Å². The molecule has 82 valence electrons. The van der Waals surface area contributed by atoms with Crippen molar-refractivity contribution in [1.82, 2.24) is 4.90 Å². The number of hydrogen-bond acceptors (Lipinski definition) is 3. The summed E-state index contributed by atoms with van der Waals surface area (Å²) in [6.07, 6.45) is 4.06. The number of rotatable bonds is 5. The summed E-state index contributed by atoms with van der Waals surface area (Å²) in [5, 5.41) is 1.96. The summed E-state index contributed by atoms with van der Waals surface area (Å²) in [5.41, 5.74) is 0. The Kier molecular flexibility index (Phi) is 3.54. The normalized spacial score (nSPS) is 16.7. The standard InChI is InChI=1S/C12H17NOS/c1-13(8-10-4-2-5-10)9-11(14)12-6-3-7-15-12/h3,6-7,10H,2,4-5,8-9H2,1H3. The van der Waals surface area contributed by atoms with E-state index in [4.69, 9.17) is 0 Å². The SMILES string of the molecule is CN(CC(=O)c1cccs1)CC1CCC1. The molecule has 1 saturated carbocycles. The number of nitrogens with zero attached hydrogens (tertiary/aromatic N) is 1. The third kappa shape index (κ3) is 2.89. The molecule has 15 heavy (non-hydrogen) atoms. The molecule has 0 unspecified atom stereocenters. The van der Waals surface area contributed by atoms with Gasteiger partial charge in [-0.15, -0.1) is 11.3 Å². The quantitative estimate of drug-likeness (QED) is 0.715. The Bertz CT molecular complexity index is 316. The zero-order chi connectivity index (χ0) is 10.7. The molecule has 0 aliphatic heterocycles. The molecule has 0 atom stereocenters. The van der Waals surface area contributed by atoms with E-state index in [9.17, 15) is 4.79 Å². The molecule has 0 radical (unpaired) electrons. The summed E-state index contributed by atoms with van der Waals surface area (Å²) >= 11 is 1.54. The first-order valence-corrected chi connectivity index (χ1v) is 6.39. The molecule has 1 aromatic rings. The lowest BCUT2D eigenvalue weighted by atomic mass is 9.85. The van der Waals surface area contributed by atoms with Crippen LogP contribution in [0.4, 0.5) is 0 Å². The van der Waals surface area contributed by atoms with Crippen molar-refractivity contribution < 1.29 is 4.79 Å². The number of hydrogen-bond donors (Lipinski definition) is 0. The van der Waals surface area contributed by atoms with Crippen LogP contribution in [0.25, 0.3) is 0 Å². The molecule has 1 aliphatic rings. The number of carbonyl (C=O) groups excluding carboxylic acids is 1. The lowest BCUT2D eigenvalue weighted by Crippen LogP contribution is -2.33. The van der Waals surface area contributed by atoms with Crippen LogP contribution in [-0.4, -0.2) is 30.8 Å². The van der Waals surface area contributed by atoms with E-state index >= 15 is 0 Å². The third-order valence-electron chi connectivity index (χ3n) is 3.00. The van der Waals surface area contributed by atoms with E-state index in [1.807, 2.05) is 24.6 Å². The zero-order valence-electron chi connectivity index (χ0n) is 9.11. The Balaban J connectivity index is 1.78. The highest BCUT2D eigenvalue weighted by Gasteiger charge is 2.20. The van der Waals surface area contributed by atoms with Crippen LogP contribution >= 0.6 is 11.3 Å². The molecule has 0 bridgehead atoms. The van der Waals surface area contributed by atoms with Gasteiger partial charge in [-0.1, -0.05) is 12.5 Å². The zero-order valence-corrected chi connectivity index (χ0v) is 9.93. The average molecular weight is 223 g/mol. The smallest absolute Gasteiger partial charge is 0.186 e. The topological polar surface area (TPSA) is 20.3 Å². The van der Waals surface area contributed by atoms with Crippen molar-refractivity contribution in [3.63, 3.8) is 0 Å².